The SMILES string of the molecule is CC[C@@H](C)[C@@H]([C@@H](CC(=O)N1CCC[C@H]1[C@H](OC)[C@@H](C)C(=O)N(c1ccc(NC(=O)C(F)(F)F)cc1)S(C)(=O)=O)OC)N(C)C(=O)[C@@H](NC(=O)[C@H](C(C)C)N(C)C)C(C)C. The van der Waals surface area contributed by atoms with Crippen molar-refractivity contribution in [2.45, 2.75) is 117 Å². The van der Waals surface area contributed by atoms with Crippen molar-refractivity contribution in [3.63, 3.8) is 0 Å². The first-order valence-electron chi connectivity index (χ1n) is 19.9. The summed E-state index contributed by atoms with van der Waals surface area (Å²) in [4.78, 5) is 72.3. The number of ether oxygens (including phenoxy) is 2. The molecule has 1 aliphatic rings. The van der Waals surface area contributed by atoms with E-state index in [9.17, 15) is 45.6 Å². The van der Waals surface area contributed by atoms with E-state index in [1.165, 1.54) is 21.1 Å². The molecule has 1 aromatic rings. The van der Waals surface area contributed by atoms with Crippen LogP contribution in [0.5, 0.6) is 0 Å². The molecule has 0 unspecified atom stereocenters. The Balaban J connectivity index is 2.38. The molecule has 15 nitrogen and oxygen atoms in total. The van der Waals surface area contributed by atoms with Crippen LogP contribution in [0.2, 0.25) is 0 Å². The van der Waals surface area contributed by atoms with Gasteiger partial charge in [0.05, 0.1) is 54.6 Å². The van der Waals surface area contributed by atoms with Gasteiger partial charge in [0.2, 0.25) is 33.7 Å². The molecular formula is C40H65F3N6O9S. The van der Waals surface area contributed by atoms with Crippen LogP contribution in [0, 0.1) is 23.7 Å². The lowest BCUT2D eigenvalue weighted by molar-refractivity contribution is -0.167. The summed E-state index contributed by atoms with van der Waals surface area (Å²) in [6.45, 7) is 13.3. The topological polar surface area (TPSA) is 175 Å². The van der Waals surface area contributed by atoms with Gasteiger partial charge in [-0.2, -0.15) is 13.2 Å². The van der Waals surface area contributed by atoms with Gasteiger partial charge >= 0.3 is 12.1 Å². The van der Waals surface area contributed by atoms with E-state index >= 15 is 0 Å². The minimum absolute atomic E-state index is 0.0133. The zero-order valence-electron chi connectivity index (χ0n) is 36.6. The highest BCUT2D eigenvalue weighted by molar-refractivity contribution is 7.92. The highest BCUT2D eigenvalue weighted by Crippen LogP contribution is 2.32. The number of nitrogens with zero attached hydrogens (tertiary/aromatic N) is 4. The summed E-state index contributed by atoms with van der Waals surface area (Å²) < 4.78 is 76.6. The van der Waals surface area contributed by atoms with E-state index in [-0.39, 0.29) is 53.3 Å². The first-order chi connectivity index (χ1) is 27.2. The molecule has 336 valence electrons. The molecule has 0 aliphatic carbocycles. The van der Waals surface area contributed by atoms with Crippen LogP contribution < -0.4 is 14.9 Å². The zero-order valence-corrected chi connectivity index (χ0v) is 37.4. The monoisotopic (exact) mass is 862 g/mol. The standard InChI is InChI=1S/C40H65F3N6O9S/c1-14-25(6)34(47(10)38(53)32(23(2)3)45-36(51)33(24(4)5)46(8)9)30(57-11)22-31(50)48-21-15-16-29(48)35(58-12)26(7)37(52)49(59(13,55)56)28-19-17-27(18-20-28)44-39(54)40(41,42)43/h17-20,23-26,29-30,32-35H,14-16,21-22H2,1-13H3,(H,44,54)(H,45,51)/t25-,26-,29+,30-,32+,33+,34+,35-/m1/s1. The Kier molecular flexibility index (Phi) is 18.8. The van der Waals surface area contributed by atoms with Gasteiger partial charge in [0.25, 0.3) is 0 Å². The summed E-state index contributed by atoms with van der Waals surface area (Å²) in [6.07, 6.45) is -4.61. The predicted octanol–water partition coefficient (Wildman–Crippen LogP) is 4.13. The third-order valence-electron chi connectivity index (χ3n) is 11.1. The maximum Gasteiger partial charge on any atom is 0.471 e. The molecule has 1 saturated heterocycles. The van der Waals surface area contributed by atoms with Gasteiger partial charge in [-0.25, -0.2) is 12.7 Å². The van der Waals surface area contributed by atoms with Gasteiger partial charge in [0, 0.05) is 33.5 Å². The van der Waals surface area contributed by atoms with Crippen LogP contribution in [0.4, 0.5) is 24.5 Å². The summed E-state index contributed by atoms with van der Waals surface area (Å²) in [7, 11) is 3.79. The van der Waals surface area contributed by atoms with Gasteiger partial charge in [-0.15, -0.1) is 0 Å². The number of amides is 5. The fraction of sp³-hybridized carbons (Fsp3) is 0.725. The van der Waals surface area contributed by atoms with Gasteiger partial charge in [-0.3, -0.25) is 28.9 Å². The van der Waals surface area contributed by atoms with E-state index in [4.69, 9.17) is 9.47 Å². The summed E-state index contributed by atoms with van der Waals surface area (Å²) in [6, 6.07) is 1.72. The molecule has 8 atom stereocenters. The second kappa shape index (κ2) is 21.6. The van der Waals surface area contributed by atoms with Crippen LogP contribution in [0.1, 0.15) is 74.1 Å². The Morgan fingerprint density at radius 1 is 0.915 bits per heavy atom. The second-order valence-corrected chi connectivity index (χ2v) is 18.2. The second-order valence-electron chi connectivity index (χ2n) is 16.3. The summed E-state index contributed by atoms with van der Waals surface area (Å²) in [5.74, 6) is -5.59. The third kappa shape index (κ3) is 13.1. The number of carbonyl (C=O) groups is 5. The van der Waals surface area contributed by atoms with Crippen molar-refractivity contribution >= 4 is 50.9 Å². The van der Waals surface area contributed by atoms with Crippen molar-refractivity contribution in [1.82, 2.24) is 20.0 Å². The normalized spacial score (nSPS) is 18.5. The summed E-state index contributed by atoms with van der Waals surface area (Å²) in [5, 5.41) is 4.65. The molecular weight excluding hydrogens is 798 g/mol. The molecule has 1 fully saturated rings. The predicted molar refractivity (Wildman–Crippen MR) is 219 cm³/mol. The Bertz CT molecular complexity index is 1700. The smallest absolute Gasteiger partial charge is 0.379 e. The Labute approximate surface area is 347 Å². The molecule has 1 aliphatic heterocycles. The number of alkyl halides is 3. The van der Waals surface area contributed by atoms with Crippen molar-refractivity contribution in [1.29, 1.82) is 0 Å². The van der Waals surface area contributed by atoms with Crippen molar-refractivity contribution in [3.05, 3.63) is 24.3 Å². The molecule has 0 aromatic heterocycles. The highest BCUT2D eigenvalue weighted by Gasteiger charge is 2.45. The van der Waals surface area contributed by atoms with E-state index in [0.717, 1.165) is 30.5 Å². The minimum atomic E-state index is -5.15. The number of likely N-dealkylation sites (tertiary alicyclic amines) is 1. The molecule has 0 saturated carbocycles. The quantitative estimate of drug-likeness (QED) is 0.194. The first kappa shape index (κ1) is 51.3. The summed E-state index contributed by atoms with van der Waals surface area (Å²) >= 11 is 0. The van der Waals surface area contributed by atoms with E-state index in [2.05, 4.69) is 5.32 Å². The average Bonchev–Trinajstić information content (AvgIpc) is 3.62. The van der Waals surface area contributed by atoms with Crippen LogP contribution in [0.3, 0.4) is 0 Å². The van der Waals surface area contributed by atoms with Crippen LogP contribution in [-0.2, 0) is 43.5 Å². The number of halogens is 3. The number of carbonyl (C=O) groups excluding carboxylic acids is 5. The molecule has 0 radical (unpaired) electrons. The van der Waals surface area contributed by atoms with Gasteiger partial charge < -0.3 is 29.9 Å². The van der Waals surface area contributed by atoms with Crippen molar-refractivity contribution in [3.8, 4) is 0 Å². The maximum atomic E-state index is 14.3. The van der Waals surface area contributed by atoms with E-state index in [0.29, 0.717) is 30.1 Å². The molecule has 5 amide bonds. The molecule has 19 heteroatoms. The lowest BCUT2D eigenvalue weighted by atomic mass is 9.89. The van der Waals surface area contributed by atoms with E-state index in [1.807, 2.05) is 60.5 Å². The molecule has 59 heavy (non-hydrogen) atoms. The molecule has 0 bridgehead atoms. The van der Waals surface area contributed by atoms with Gasteiger partial charge in [0.15, 0.2) is 0 Å². The molecule has 1 heterocycles. The minimum Gasteiger partial charge on any atom is -0.379 e. The number of hydrogen-bond donors (Lipinski definition) is 2. The Morgan fingerprint density at radius 3 is 1.93 bits per heavy atom. The fourth-order valence-corrected chi connectivity index (χ4v) is 8.95. The van der Waals surface area contributed by atoms with E-state index in [1.54, 1.807) is 22.2 Å². The van der Waals surface area contributed by atoms with Crippen molar-refractivity contribution < 1.29 is 55.0 Å². The molecule has 2 N–H and O–H groups in total. The van der Waals surface area contributed by atoms with Gasteiger partial charge in [-0.1, -0.05) is 54.9 Å². The number of likely N-dealkylation sites (N-methyl/N-ethyl adjacent to an activating group) is 2. The van der Waals surface area contributed by atoms with E-state index < -0.39 is 70.3 Å². The third-order valence-corrected chi connectivity index (χ3v) is 12.1. The van der Waals surface area contributed by atoms with Gasteiger partial charge in [0.1, 0.15) is 6.04 Å². The fourth-order valence-electron chi connectivity index (χ4n) is 7.95. The first-order valence-corrected chi connectivity index (χ1v) is 21.7. The van der Waals surface area contributed by atoms with Crippen LogP contribution >= 0.6 is 0 Å². The van der Waals surface area contributed by atoms with Crippen LogP contribution in [0.15, 0.2) is 24.3 Å². The maximum absolute atomic E-state index is 14.3. The number of nitrogens with one attached hydrogen (secondary N) is 2. The van der Waals surface area contributed by atoms with Crippen molar-refractivity contribution in [2.24, 2.45) is 23.7 Å². The lowest BCUT2D eigenvalue weighted by Crippen LogP contribution is -2.59. The molecule has 1 aromatic carbocycles. The molecule has 2 rings (SSSR count). The number of sulfonamides is 1. The number of anilines is 2. The van der Waals surface area contributed by atoms with Gasteiger partial charge in [-0.05, 0) is 69.0 Å². The Hall–Kier alpha value is -3.81. The summed E-state index contributed by atoms with van der Waals surface area (Å²) in [5.41, 5.74) is -0.454. The average molecular weight is 863 g/mol. The number of methoxy groups -OCH3 is 2. The largest absolute Gasteiger partial charge is 0.471 e. The van der Waals surface area contributed by atoms with Crippen molar-refractivity contribution in [2.75, 3.05) is 57.8 Å². The lowest BCUT2D eigenvalue weighted by Gasteiger charge is -2.41. The number of benzene rings is 1. The van der Waals surface area contributed by atoms with Crippen LogP contribution in [-0.4, -0.2) is 143 Å². The highest BCUT2D eigenvalue weighted by atomic mass is 32.2. The zero-order chi connectivity index (χ0) is 45.3. The number of rotatable bonds is 20. The van der Waals surface area contributed by atoms with Crippen LogP contribution in [0.25, 0.3) is 0 Å². The number of hydrogen-bond acceptors (Lipinski definition) is 10. The molecule has 0 spiro atoms. The Morgan fingerprint density at radius 2 is 1.49 bits per heavy atom.